The van der Waals surface area contributed by atoms with Crippen LogP contribution < -0.4 is 5.32 Å². The van der Waals surface area contributed by atoms with Gasteiger partial charge in [-0.05, 0) is 26.7 Å². The molecule has 1 aromatic heterocycles. The molecule has 2 rings (SSSR count). The van der Waals surface area contributed by atoms with E-state index in [-0.39, 0.29) is 11.8 Å². The Kier molecular flexibility index (Phi) is 4.39. The van der Waals surface area contributed by atoms with Gasteiger partial charge >= 0.3 is 0 Å². The highest BCUT2D eigenvalue weighted by atomic mass is 16.1. The predicted octanol–water partition coefficient (Wildman–Crippen LogP) is 3.33. The number of H-pyrrole nitrogens is 1. The second-order valence-corrected chi connectivity index (χ2v) is 5.35. The van der Waals surface area contributed by atoms with Crippen molar-refractivity contribution in [3.05, 3.63) is 11.3 Å². The van der Waals surface area contributed by atoms with Gasteiger partial charge in [-0.25, -0.2) is 0 Å². The summed E-state index contributed by atoms with van der Waals surface area (Å²) < 4.78 is 0. The highest BCUT2D eigenvalue weighted by Gasteiger charge is 2.20. The Balaban J connectivity index is 1.95. The van der Waals surface area contributed by atoms with Crippen LogP contribution in [0, 0.1) is 19.8 Å². The van der Waals surface area contributed by atoms with Gasteiger partial charge in [-0.2, -0.15) is 5.10 Å². The summed E-state index contributed by atoms with van der Waals surface area (Å²) in [4.78, 5) is 12.2. The molecule has 0 saturated heterocycles. The van der Waals surface area contributed by atoms with E-state index in [1.54, 1.807) is 0 Å². The third-order valence-corrected chi connectivity index (χ3v) is 3.97. The summed E-state index contributed by atoms with van der Waals surface area (Å²) in [7, 11) is 0. The van der Waals surface area contributed by atoms with Crippen LogP contribution >= 0.6 is 0 Å². The van der Waals surface area contributed by atoms with Crippen LogP contribution in [0.2, 0.25) is 0 Å². The molecular formula is C14H23N3O. The van der Waals surface area contributed by atoms with Crippen LogP contribution in [-0.4, -0.2) is 16.1 Å². The normalized spacial score (nSPS) is 18.1. The molecule has 0 unspecified atom stereocenters. The Bertz CT molecular complexity index is 403. The zero-order valence-electron chi connectivity index (χ0n) is 11.4. The van der Waals surface area contributed by atoms with Crippen LogP contribution in [0.15, 0.2) is 0 Å². The molecule has 1 aromatic rings. The van der Waals surface area contributed by atoms with Crippen molar-refractivity contribution < 1.29 is 4.79 Å². The molecule has 1 aliphatic rings. The van der Waals surface area contributed by atoms with Gasteiger partial charge in [0.1, 0.15) is 0 Å². The van der Waals surface area contributed by atoms with Crippen molar-refractivity contribution in [1.82, 2.24) is 10.2 Å². The summed E-state index contributed by atoms with van der Waals surface area (Å²) in [6.07, 6.45) is 8.26. The predicted molar refractivity (Wildman–Crippen MR) is 72.5 cm³/mol. The average Bonchev–Trinajstić information content (AvgIpc) is 2.60. The zero-order chi connectivity index (χ0) is 13.0. The molecule has 4 nitrogen and oxygen atoms in total. The number of rotatable bonds is 2. The molecule has 1 aliphatic carbocycles. The topological polar surface area (TPSA) is 57.8 Å². The van der Waals surface area contributed by atoms with Gasteiger partial charge in [-0.3, -0.25) is 9.89 Å². The number of anilines is 1. The fourth-order valence-corrected chi connectivity index (χ4v) is 2.54. The molecule has 0 radical (unpaired) electrons. The fourth-order valence-electron chi connectivity index (χ4n) is 2.54. The molecule has 1 heterocycles. The summed E-state index contributed by atoms with van der Waals surface area (Å²) in [6.45, 7) is 3.94. The first-order chi connectivity index (χ1) is 8.68. The lowest BCUT2D eigenvalue weighted by Crippen LogP contribution is -2.24. The van der Waals surface area contributed by atoms with Gasteiger partial charge in [0, 0.05) is 17.2 Å². The van der Waals surface area contributed by atoms with Gasteiger partial charge in [0.15, 0.2) is 5.82 Å². The zero-order valence-corrected chi connectivity index (χ0v) is 11.4. The molecule has 0 bridgehead atoms. The molecule has 0 spiro atoms. The first kappa shape index (κ1) is 13.1. The Morgan fingerprint density at radius 1 is 1.17 bits per heavy atom. The number of nitrogens with one attached hydrogen (secondary N) is 2. The summed E-state index contributed by atoms with van der Waals surface area (Å²) in [6, 6.07) is 0. The third-order valence-electron chi connectivity index (χ3n) is 3.97. The van der Waals surface area contributed by atoms with Crippen LogP contribution in [0.25, 0.3) is 0 Å². The quantitative estimate of drug-likeness (QED) is 0.844. The Morgan fingerprint density at radius 2 is 1.78 bits per heavy atom. The lowest BCUT2D eigenvalue weighted by molar-refractivity contribution is -0.120. The van der Waals surface area contributed by atoms with Crippen LogP contribution in [0.3, 0.4) is 0 Å². The van der Waals surface area contributed by atoms with Gasteiger partial charge in [0.25, 0.3) is 0 Å². The van der Waals surface area contributed by atoms with Crippen LogP contribution in [0.4, 0.5) is 5.82 Å². The minimum absolute atomic E-state index is 0.145. The van der Waals surface area contributed by atoms with E-state index in [1.807, 2.05) is 13.8 Å². The molecule has 0 aromatic carbocycles. The molecule has 1 amide bonds. The summed E-state index contributed by atoms with van der Waals surface area (Å²) in [5.74, 6) is 1.01. The van der Waals surface area contributed by atoms with E-state index in [0.29, 0.717) is 5.82 Å². The first-order valence-corrected chi connectivity index (χ1v) is 7.01. The van der Waals surface area contributed by atoms with E-state index in [1.165, 1.54) is 32.1 Å². The third kappa shape index (κ3) is 3.12. The SMILES string of the molecule is Cc1[nH]nc(NC(=O)C2CCCCCCC2)c1C. The molecule has 18 heavy (non-hydrogen) atoms. The maximum atomic E-state index is 12.2. The maximum absolute atomic E-state index is 12.2. The van der Waals surface area contributed by atoms with Crippen molar-refractivity contribution in [2.45, 2.75) is 58.8 Å². The molecule has 0 atom stereocenters. The summed E-state index contributed by atoms with van der Waals surface area (Å²) in [5.41, 5.74) is 2.05. The average molecular weight is 249 g/mol. The Hall–Kier alpha value is -1.32. The Morgan fingerprint density at radius 3 is 2.33 bits per heavy atom. The number of carbonyl (C=O) groups is 1. The lowest BCUT2D eigenvalue weighted by Gasteiger charge is -2.18. The standard InChI is InChI=1S/C14H23N3O/c1-10-11(2)16-17-13(10)15-14(18)12-8-6-4-3-5-7-9-12/h12H,3-9H2,1-2H3,(H2,15,16,17,18). The van der Waals surface area contributed by atoms with Gasteiger partial charge in [-0.1, -0.05) is 32.1 Å². The highest BCUT2D eigenvalue weighted by Crippen LogP contribution is 2.24. The molecular weight excluding hydrogens is 226 g/mol. The van der Waals surface area contributed by atoms with Gasteiger partial charge in [0.2, 0.25) is 5.91 Å². The number of carbonyl (C=O) groups excluding carboxylic acids is 1. The van der Waals surface area contributed by atoms with Crippen LogP contribution in [0.5, 0.6) is 0 Å². The van der Waals surface area contributed by atoms with Crippen molar-refractivity contribution in [3.8, 4) is 0 Å². The Labute approximate surface area is 109 Å². The molecule has 2 N–H and O–H groups in total. The number of aromatic nitrogens is 2. The van der Waals surface area contributed by atoms with E-state index < -0.39 is 0 Å². The number of aromatic amines is 1. The monoisotopic (exact) mass is 249 g/mol. The van der Waals surface area contributed by atoms with E-state index >= 15 is 0 Å². The summed E-state index contributed by atoms with van der Waals surface area (Å²) >= 11 is 0. The molecule has 4 heteroatoms. The number of amides is 1. The highest BCUT2D eigenvalue weighted by molar-refractivity contribution is 5.92. The molecule has 100 valence electrons. The minimum Gasteiger partial charge on any atom is -0.309 e. The van der Waals surface area contributed by atoms with Gasteiger partial charge < -0.3 is 5.32 Å². The fraction of sp³-hybridized carbons (Fsp3) is 0.714. The van der Waals surface area contributed by atoms with Gasteiger partial charge in [0.05, 0.1) is 0 Å². The minimum atomic E-state index is 0.145. The number of nitrogens with zero attached hydrogens (tertiary/aromatic N) is 1. The van der Waals surface area contributed by atoms with E-state index in [2.05, 4.69) is 15.5 Å². The van der Waals surface area contributed by atoms with E-state index in [0.717, 1.165) is 24.1 Å². The lowest BCUT2D eigenvalue weighted by atomic mass is 9.90. The number of hydrogen-bond acceptors (Lipinski definition) is 2. The van der Waals surface area contributed by atoms with Crippen molar-refractivity contribution in [2.24, 2.45) is 5.92 Å². The van der Waals surface area contributed by atoms with E-state index in [4.69, 9.17) is 0 Å². The van der Waals surface area contributed by atoms with Gasteiger partial charge in [-0.15, -0.1) is 0 Å². The van der Waals surface area contributed by atoms with Crippen molar-refractivity contribution in [2.75, 3.05) is 5.32 Å². The maximum Gasteiger partial charge on any atom is 0.228 e. The summed E-state index contributed by atoms with van der Waals surface area (Å²) in [5, 5.41) is 10.0. The van der Waals surface area contributed by atoms with Crippen molar-refractivity contribution in [1.29, 1.82) is 0 Å². The molecule has 0 aliphatic heterocycles. The smallest absolute Gasteiger partial charge is 0.228 e. The number of aryl methyl sites for hydroxylation is 1. The number of hydrogen-bond donors (Lipinski definition) is 2. The second kappa shape index (κ2) is 6.03. The van der Waals surface area contributed by atoms with Crippen LogP contribution in [-0.2, 0) is 4.79 Å². The van der Waals surface area contributed by atoms with Crippen molar-refractivity contribution >= 4 is 11.7 Å². The molecule has 1 saturated carbocycles. The molecule has 1 fully saturated rings. The van der Waals surface area contributed by atoms with Crippen molar-refractivity contribution in [3.63, 3.8) is 0 Å². The second-order valence-electron chi connectivity index (χ2n) is 5.35. The first-order valence-electron chi connectivity index (χ1n) is 7.01. The largest absolute Gasteiger partial charge is 0.309 e. The van der Waals surface area contributed by atoms with E-state index in [9.17, 15) is 4.79 Å². The van der Waals surface area contributed by atoms with Crippen LogP contribution in [0.1, 0.15) is 56.2 Å².